The second-order valence-electron chi connectivity index (χ2n) is 1.40. The Labute approximate surface area is 85.8 Å². The van der Waals surface area contributed by atoms with E-state index in [1.54, 1.807) is 12.1 Å². The van der Waals surface area contributed by atoms with E-state index in [9.17, 15) is 0 Å². The number of hydrogen-bond donors (Lipinski definition) is 0. The van der Waals surface area contributed by atoms with Gasteiger partial charge in [0.15, 0.2) is 0 Å². The van der Waals surface area contributed by atoms with Gasteiger partial charge in [-0.3, -0.25) is 5.56 Å². The molecule has 0 aliphatic carbocycles. The molecule has 38 valence electrons. The standard InChI is InChI=1S/C8H4.2Li/c1-2-8-6-4-3-5-7-8;;/h3-6H;;/q-2;2*+1. The van der Waals surface area contributed by atoms with Crippen LogP contribution in [0.15, 0.2) is 24.3 Å². The van der Waals surface area contributed by atoms with Crippen LogP contribution in [0.1, 0.15) is 5.56 Å². The maximum atomic E-state index is 6.66. The molecule has 0 radical (unpaired) electrons. The van der Waals surface area contributed by atoms with Gasteiger partial charge in [0.2, 0.25) is 0 Å². The molecule has 0 unspecified atom stereocenters. The fraction of sp³-hybridized carbons (Fsp3) is 0. The Hall–Kier alpha value is -0.0252. The summed E-state index contributed by atoms with van der Waals surface area (Å²) in [5, 5.41) is 0. The van der Waals surface area contributed by atoms with Crippen LogP contribution in [0.5, 0.6) is 0 Å². The Kier molecular flexibility index (Phi) is 8.95. The van der Waals surface area contributed by atoms with Crippen molar-refractivity contribution in [2.45, 2.75) is 0 Å². The number of rotatable bonds is 0. The Morgan fingerprint density at radius 1 is 1.30 bits per heavy atom. The topological polar surface area (TPSA) is 0 Å². The number of benzene rings is 1. The Morgan fingerprint density at radius 2 is 2.00 bits per heavy atom. The van der Waals surface area contributed by atoms with Gasteiger partial charge in [-0.15, -0.1) is 6.07 Å². The smallest absolute Gasteiger partial charge is 0.437 e. The first-order valence-corrected chi connectivity index (χ1v) is 2.33. The van der Waals surface area contributed by atoms with Crippen molar-refractivity contribution in [3.63, 3.8) is 0 Å². The van der Waals surface area contributed by atoms with Crippen LogP contribution in [0, 0.1) is 18.4 Å². The molecule has 2 heteroatoms. The third-order valence-electron chi connectivity index (χ3n) is 0.844. The van der Waals surface area contributed by atoms with Crippen molar-refractivity contribution in [2.24, 2.45) is 0 Å². The van der Waals surface area contributed by atoms with Crippen LogP contribution in [0.2, 0.25) is 0 Å². The summed E-state index contributed by atoms with van der Waals surface area (Å²) >= 11 is 0. The molecular formula is C8H4Li2. The summed E-state index contributed by atoms with van der Waals surface area (Å²) in [4.78, 5) is 0. The van der Waals surface area contributed by atoms with Crippen LogP contribution in [0.3, 0.4) is 0 Å². The zero-order chi connectivity index (χ0) is 5.82. The largest absolute Gasteiger partial charge is 1.00 e. The molecule has 0 N–H and O–H groups in total. The van der Waals surface area contributed by atoms with Crippen LogP contribution in [-0.4, -0.2) is 0 Å². The fourth-order valence-electron chi connectivity index (χ4n) is 0.471. The van der Waals surface area contributed by atoms with E-state index in [0.717, 1.165) is 0 Å². The summed E-state index contributed by atoms with van der Waals surface area (Å²) < 4.78 is 0. The van der Waals surface area contributed by atoms with Crippen molar-refractivity contribution in [1.29, 1.82) is 0 Å². The molecule has 0 bridgehead atoms. The Balaban J connectivity index is 0. The molecule has 0 spiro atoms. The van der Waals surface area contributed by atoms with E-state index in [4.69, 9.17) is 6.42 Å². The molecular weight excluding hydrogens is 110 g/mol. The maximum Gasteiger partial charge on any atom is 1.00 e. The second kappa shape index (κ2) is 7.09. The molecule has 0 heterocycles. The van der Waals surface area contributed by atoms with E-state index in [1.807, 2.05) is 12.1 Å². The summed E-state index contributed by atoms with van der Waals surface area (Å²) in [5.41, 5.74) is 0.701. The van der Waals surface area contributed by atoms with Gasteiger partial charge in [0.1, 0.15) is 0 Å². The predicted octanol–water partition coefficient (Wildman–Crippen LogP) is -4.57. The third-order valence-corrected chi connectivity index (χ3v) is 0.844. The monoisotopic (exact) mass is 114 g/mol. The van der Waals surface area contributed by atoms with E-state index in [-0.39, 0.29) is 37.7 Å². The van der Waals surface area contributed by atoms with E-state index in [1.165, 1.54) is 0 Å². The zero-order valence-electron chi connectivity index (χ0n) is 6.31. The maximum absolute atomic E-state index is 6.66. The summed E-state index contributed by atoms with van der Waals surface area (Å²) in [7, 11) is 0. The molecule has 0 amide bonds. The van der Waals surface area contributed by atoms with Crippen molar-refractivity contribution < 1.29 is 37.7 Å². The van der Waals surface area contributed by atoms with Crippen molar-refractivity contribution in [3.05, 3.63) is 42.3 Å². The molecule has 0 nitrogen and oxygen atoms in total. The summed E-state index contributed by atoms with van der Waals surface area (Å²) in [6.45, 7) is 0. The van der Waals surface area contributed by atoms with Crippen LogP contribution < -0.4 is 37.7 Å². The summed E-state index contributed by atoms with van der Waals surface area (Å²) in [6, 6.07) is 10.1. The van der Waals surface area contributed by atoms with Gasteiger partial charge < -0.3 is 12.3 Å². The SMILES string of the molecule is [C-]#Cc1[c-]cccc1.[Li+].[Li+]. The minimum atomic E-state index is 0. The minimum absolute atomic E-state index is 0. The van der Waals surface area contributed by atoms with Gasteiger partial charge in [-0.25, -0.2) is 12.1 Å². The number of hydrogen-bond acceptors (Lipinski definition) is 0. The van der Waals surface area contributed by atoms with Gasteiger partial charge in [-0.1, -0.05) is 0 Å². The normalized spacial score (nSPS) is 6.30. The van der Waals surface area contributed by atoms with E-state index in [2.05, 4.69) is 12.0 Å². The van der Waals surface area contributed by atoms with Gasteiger partial charge in [0, 0.05) is 0 Å². The van der Waals surface area contributed by atoms with Crippen molar-refractivity contribution in [2.75, 3.05) is 0 Å². The van der Waals surface area contributed by atoms with Crippen molar-refractivity contribution >= 4 is 0 Å². The van der Waals surface area contributed by atoms with Gasteiger partial charge in [-0.05, 0) is 0 Å². The molecule has 0 aromatic heterocycles. The molecule has 0 aliphatic heterocycles. The van der Waals surface area contributed by atoms with Gasteiger partial charge >= 0.3 is 37.7 Å². The Bertz CT molecular complexity index is 198. The second-order valence-corrected chi connectivity index (χ2v) is 1.40. The van der Waals surface area contributed by atoms with Gasteiger partial charge in [0.05, 0.1) is 0 Å². The quantitative estimate of drug-likeness (QED) is 0.181. The van der Waals surface area contributed by atoms with Crippen LogP contribution in [0.4, 0.5) is 0 Å². The van der Waals surface area contributed by atoms with Crippen LogP contribution in [0.25, 0.3) is 0 Å². The summed E-state index contributed by atoms with van der Waals surface area (Å²) in [5.74, 6) is 2.22. The van der Waals surface area contributed by atoms with E-state index >= 15 is 0 Å². The first kappa shape index (κ1) is 12.6. The first-order chi connectivity index (χ1) is 3.93. The molecule has 0 saturated heterocycles. The third kappa shape index (κ3) is 3.90. The summed E-state index contributed by atoms with van der Waals surface area (Å²) in [6.07, 6.45) is 6.66. The average molecular weight is 114 g/mol. The molecule has 0 fully saturated rings. The van der Waals surface area contributed by atoms with E-state index < -0.39 is 0 Å². The molecule has 1 aromatic carbocycles. The van der Waals surface area contributed by atoms with Crippen molar-refractivity contribution in [3.8, 4) is 5.92 Å². The molecule has 10 heavy (non-hydrogen) atoms. The van der Waals surface area contributed by atoms with Crippen LogP contribution >= 0.6 is 0 Å². The van der Waals surface area contributed by atoms with Crippen LogP contribution in [-0.2, 0) is 0 Å². The van der Waals surface area contributed by atoms with E-state index in [0.29, 0.717) is 5.56 Å². The predicted molar refractivity (Wildman–Crippen MR) is 31.5 cm³/mol. The van der Waals surface area contributed by atoms with Crippen molar-refractivity contribution in [1.82, 2.24) is 0 Å². The fourth-order valence-corrected chi connectivity index (χ4v) is 0.471. The molecule has 0 atom stereocenters. The first-order valence-electron chi connectivity index (χ1n) is 2.33. The van der Waals surface area contributed by atoms with Gasteiger partial charge in [-0.2, -0.15) is 12.1 Å². The Morgan fingerprint density at radius 3 is 2.30 bits per heavy atom. The zero-order valence-corrected chi connectivity index (χ0v) is 6.31. The van der Waals surface area contributed by atoms with Gasteiger partial charge in [0.25, 0.3) is 0 Å². The minimum Gasteiger partial charge on any atom is -0.437 e. The average Bonchev–Trinajstić information content (AvgIpc) is 1.90. The molecule has 1 aromatic rings. The molecule has 0 saturated carbocycles. The molecule has 0 aliphatic rings. The molecule has 1 rings (SSSR count).